The van der Waals surface area contributed by atoms with Crippen molar-refractivity contribution in [2.24, 2.45) is 0 Å². The Labute approximate surface area is 142 Å². The number of rotatable bonds is 2. The van der Waals surface area contributed by atoms with Crippen molar-refractivity contribution in [2.45, 2.75) is 6.42 Å². The van der Waals surface area contributed by atoms with Crippen molar-refractivity contribution in [2.75, 3.05) is 6.54 Å². The van der Waals surface area contributed by atoms with Crippen LogP contribution in [0, 0.1) is 0 Å². The smallest absolute Gasteiger partial charge is 0.253 e. The lowest BCUT2D eigenvalue weighted by Gasteiger charge is -2.10. The highest BCUT2D eigenvalue weighted by atomic mass is 35.5. The molecule has 0 fully saturated rings. The molecule has 2 aromatic heterocycles. The van der Waals surface area contributed by atoms with Crippen molar-refractivity contribution in [3.05, 3.63) is 52.8 Å². The maximum atomic E-state index is 11.9. The highest BCUT2D eigenvalue weighted by Crippen LogP contribution is 2.30. The third kappa shape index (κ3) is 2.51. The monoisotopic (exact) mass is 340 g/mol. The van der Waals surface area contributed by atoms with Crippen LogP contribution < -0.4 is 5.32 Å². The molecule has 3 aromatic rings. The zero-order valence-corrected chi connectivity index (χ0v) is 13.3. The van der Waals surface area contributed by atoms with Crippen LogP contribution in [0.5, 0.6) is 5.75 Å². The Morgan fingerprint density at radius 2 is 2.04 bits per heavy atom. The predicted octanol–water partition coefficient (Wildman–Crippen LogP) is 2.78. The number of hydrogen-bond donors (Lipinski definition) is 3. The molecule has 120 valence electrons. The van der Waals surface area contributed by atoms with Crippen LogP contribution in [0.3, 0.4) is 0 Å². The molecule has 0 saturated carbocycles. The lowest BCUT2D eigenvalue weighted by atomic mass is 10.1. The Bertz CT molecular complexity index is 952. The number of nitrogens with zero attached hydrogens (tertiary/aromatic N) is 2. The molecule has 6 nitrogen and oxygen atoms in total. The van der Waals surface area contributed by atoms with Gasteiger partial charge in [-0.3, -0.25) is 4.79 Å². The number of benzene rings is 1. The minimum absolute atomic E-state index is 0.0571. The van der Waals surface area contributed by atoms with Gasteiger partial charge < -0.3 is 15.4 Å². The maximum Gasteiger partial charge on any atom is 0.253 e. The van der Waals surface area contributed by atoms with Crippen LogP contribution in [0.15, 0.2) is 36.5 Å². The van der Waals surface area contributed by atoms with Gasteiger partial charge in [-0.1, -0.05) is 11.6 Å². The first-order valence-electron chi connectivity index (χ1n) is 7.44. The van der Waals surface area contributed by atoms with Crippen molar-refractivity contribution in [3.63, 3.8) is 0 Å². The van der Waals surface area contributed by atoms with Crippen molar-refractivity contribution < 1.29 is 9.90 Å². The van der Waals surface area contributed by atoms with E-state index in [9.17, 15) is 9.90 Å². The standard InChI is InChI=1S/C17H13ClN4O2/c18-9-1-2-15(23)11(7-9)16-19-5-4-13(22-16)14-8-10-12(21-14)3-6-20-17(10)24/h1-2,4-5,7-8,21,23H,3,6H2,(H,20,24). The summed E-state index contributed by atoms with van der Waals surface area (Å²) in [6.07, 6.45) is 2.37. The van der Waals surface area contributed by atoms with E-state index in [0.717, 1.165) is 17.8 Å². The van der Waals surface area contributed by atoms with Crippen LogP contribution in [-0.2, 0) is 6.42 Å². The number of carbonyl (C=O) groups excluding carboxylic acids is 1. The number of phenols is 1. The van der Waals surface area contributed by atoms with Crippen LogP contribution in [0.1, 0.15) is 16.1 Å². The second-order valence-electron chi connectivity index (χ2n) is 5.51. The highest BCUT2D eigenvalue weighted by molar-refractivity contribution is 6.30. The lowest BCUT2D eigenvalue weighted by molar-refractivity contribution is 0.0946. The van der Waals surface area contributed by atoms with Crippen LogP contribution >= 0.6 is 11.6 Å². The fourth-order valence-electron chi connectivity index (χ4n) is 2.76. The minimum Gasteiger partial charge on any atom is -0.507 e. The molecule has 0 saturated heterocycles. The van der Waals surface area contributed by atoms with Gasteiger partial charge in [0, 0.05) is 29.9 Å². The Morgan fingerprint density at radius 1 is 1.17 bits per heavy atom. The normalized spacial score (nSPS) is 13.5. The van der Waals surface area contributed by atoms with E-state index in [2.05, 4.69) is 20.3 Å². The molecule has 0 unspecified atom stereocenters. The molecule has 0 atom stereocenters. The summed E-state index contributed by atoms with van der Waals surface area (Å²) in [5.41, 5.74) is 3.38. The number of fused-ring (bicyclic) bond motifs is 1. The van der Waals surface area contributed by atoms with Gasteiger partial charge in [-0.25, -0.2) is 9.97 Å². The Kier molecular flexibility index (Phi) is 3.46. The average Bonchev–Trinajstić information content (AvgIpc) is 3.03. The zero-order chi connectivity index (χ0) is 16.7. The van der Waals surface area contributed by atoms with E-state index in [1.807, 2.05) is 0 Å². The Morgan fingerprint density at radius 3 is 2.88 bits per heavy atom. The molecule has 0 bridgehead atoms. The van der Waals surface area contributed by atoms with Crippen LogP contribution in [0.4, 0.5) is 0 Å². The molecule has 7 heteroatoms. The first-order chi connectivity index (χ1) is 11.6. The number of halogens is 1. The third-order valence-corrected chi connectivity index (χ3v) is 4.17. The van der Waals surface area contributed by atoms with Gasteiger partial charge in [-0.05, 0) is 30.3 Å². The number of aromatic hydroxyl groups is 1. The summed E-state index contributed by atoms with van der Waals surface area (Å²) < 4.78 is 0. The van der Waals surface area contributed by atoms with Crippen molar-refractivity contribution >= 4 is 17.5 Å². The maximum absolute atomic E-state index is 11.9. The van der Waals surface area contributed by atoms with Gasteiger partial charge in [0.1, 0.15) is 5.75 Å². The van der Waals surface area contributed by atoms with E-state index in [1.54, 1.807) is 30.5 Å². The van der Waals surface area contributed by atoms with Gasteiger partial charge in [0.15, 0.2) is 5.82 Å². The predicted molar refractivity (Wildman–Crippen MR) is 90.0 cm³/mol. The molecule has 3 heterocycles. The second-order valence-corrected chi connectivity index (χ2v) is 5.94. The summed E-state index contributed by atoms with van der Waals surface area (Å²) in [6, 6.07) is 8.25. The fraction of sp³-hybridized carbons (Fsp3) is 0.118. The second kappa shape index (κ2) is 5.65. The van der Waals surface area contributed by atoms with Gasteiger partial charge >= 0.3 is 0 Å². The molecule has 0 spiro atoms. The summed E-state index contributed by atoms with van der Waals surface area (Å²) in [7, 11) is 0. The van der Waals surface area contributed by atoms with Crippen molar-refractivity contribution in [3.8, 4) is 28.5 Å². The van der Waals surface area contributed by atoms with E-state index in [0.29, 0.717) is 34.2 Å². The summed E-state index contributed by atoms with van der Waals surface area (Å²) in [6.45, 7) is 0.622. The minimum atomic E-state index is -0.0829. The number of amides is 1. The van der Waals surface area contributed by atoms with E-state index >= 15 is 0 Å². The first kappa shape index (κ1) is 14.7. The number of H-pyrrole nitrogens is 1. The molecular formula is C17H13ClN4O2. The molecule has 1 aliphatic rings. The summed E-state index contributed by atoms with van der Waals surface area (Å²) in [5.74, 6) is 0.340. The molecule has 1 aromatic carbocycles. The van der Waals surface area contributed by atoms with Gasteiger partial charge in [-0.15, -0.1) is 0 Å². The van der Waals surface area contributed by atoms with E-state index in [1.165, 1.54) is 6.07 Å². The SMILES string of the molecule is O=C1NCCc2[nH]c(-c3ccnc(-c4cc(Cl)ccc4O)n3)cc21. The number of hydrogen-bond acceptors (Lipinski definition) is 4. The van der Waals surface area contributed by atoms with Crippen LogP contribution in [-0.4, -0.2) is 32.5 Å². The lowest BCUT2D eigenvalue weighted by Crippen LogP contribution is -2.31. The Balaban J connectivity index is 1.78. The average molecular weight is 341 g/mol. The molecule has 4 rings (SSSR count). The van der Waals surface area contributed by atoms with Gasteiger partial charge in [-0.2, -0.15) is 0 Å². The fourth-order valence-corrected chi connectivity index (χ4v) is 2.93. The quantitative estimate of drug-likeness (QED) is 0.669. The van der Waals surface area contributed by atoms with Crippen molar-refractivity contribution in [1.82, 2.24) is 20.3 Å². The molecule has 3 N–H and O–H groups in total. The summed E-state index contributed by atoms with van der Waals surface area (Å²) in [4.78, 5) is 23.8. The first-order valence-corrected chi connectivity index (χ1v) is 7.82. The van der Waals surface area contributed by atoms with Gasteiger partial charge in [0.2, 0.25) is 0 Å². The van der Waals surface area contributed by atoms with Gasteiger partial charge in [0.05, 0.1) is 22.5 Å². The highest BCUT2D eigenvalue weighted by Gasteiger charge is 2.20. The van der Waals surface area contributed by atoms with E-state index < -0.39 is 0 Å². The van der Waals surface area contributed by atoms with Gasteiger partial charge in [0.25, 0.3) is 5.91 Å². The number of nitrogens with one attached hydrogen (secondary N) is 2. The summed E-state index contributed by atoms with van der Waals surface area (Å²) >= 11 is 5.99. The van der Waals surface area contributed by atoms with E-state index in [4.69, 9.17) is 11.6 Å². The molecule has 1 amide bonds. The van der Waals surface area contributed by atoms with Crippen LogP contribution in [0.2, 0.25) is 5.02 Å². The molecule has 24 heavy (non-hydrogen) atoms. The number of aromatic amines is 1. The molecule has 0 aliphatic carbocycles. The number of phenolic OH excluding ortho intramolecular Hbond substituents is 1. The molecule has 0 radical (unpaired) electrons. The largest absolute Gasteiger partial charge is 0.507 e. The molecule has 1 aliphatic heterocycles. The number of carbonyl (C=O) groups is 1. The summed E-state index contributed by atoms with van der Waals surface area (Å²) in [5, 5.41) is 13.3. The third-order valence-electron chi connectivity index (χ3n) is 3.94. The number of aromatic nitrogens is 3. The topological polar surface area (TPSA) is 90.9 Å². The zero-order valence-electron chi connectivity index (χ0n) is 12.5. The van der Waals surface area contributed by atoms with Crippen LogP contribution in [0.25, 0.3) is 22.8 Å². The molecular weight excluding hydrogens is 328 g/mol. The van der Waals surface area contributed by atoms with Crippen molar-refractivity contribution in [1.29, 1.82) is 0 Å². The van der Waals surface area contributed by atoms with E-state index in [-0.39, 0.29) is 11.7 Å². The Hall–Kier alpha value is -2.86.